The Bertz CT molecular complexity index is 901. The number of hydrogen-bond donors (Lipinski definition) is 1. The highest BCUT2D eigenvalue weighted by Gasteiger charge is 2.30. The van der Waals surface area contributed by atoms with E-state index >= 15 is 0 Å². The lowest BCUT2D eigenvalue weighted by molar-refractivity contribution is -0.137. The van der Waals surface area contributed by atoms with Crippen LogP contribution in [0.3, 0.4) is 0 Å². The van der Waals surface area contributed by atoms with Gasteiger partial charge in [-0.25, -0.2) is 8.75 Å². The first-order valence-electron chi connectivity index (χ1n) is 7.43. The van der Waals surface area contributed by atoms with Gasteiger partial charge in [-0.15, -0.1) is 0 Å². The Kier molecular flexibility index (Phi) is 4.63. The summed E-state index contributed by atoms with van der Waals surface area (Å²) in [5.74, 6) is 0. The van der Waals surface area contributed by atoms with E-state index in [1.54, 1.807) is 0 Å². The molecular formula is C17H14F3N3OS. The summed E-state index contributed by atoms with van der Waals surface area (Å²) in [6, 6.07) is 13.9. The molecule has 1 unspecified atom stereocenters. The third kappa shape index (κ3) is 3.90. The van der Waals surface area contributed by atoms with Crippen LogP contribution in [-0.4, -0.2) is 8.94 Å². The number of nitrogens with one attached hydrogen (secondary N) is 1. The molecular weight excluding hydrogens is 351 g/mol. The Morgan fingerprint density at radius 1 is 1.08 bits per heavy atom. The fourth-order valence-electron chi connectivity index (χ4n) is 2.32. The lowest BCUT2D eigenvalue weighted by Crippen LogP contribution is -2.19. The summed E-state index contributed by atoms with van der Waals surface area (Å²) < 4.78 is 39.2. The van der Waals surface area contributed by atoms with Crippen molar-refractivity contribution in [2.45, 2.75) is 19.1 Å². The van der Waals surface area contributed by atoms with Crippen LogP contribution in [0.1, 0.15) is 24.1 Å². The Hall–Kier alpha value is -2.61. The average molecular weight is 365 g/mol. The van der Waals surface area contributed by atoms with Gasteiger partial charge in [-0.1, -0.05) is 30.3 Å². The van der Waals surface area contributed by atoms with Crippen molar-refractivity contribution in [3.63, 3.8) is 0 Å². The van der Waals surface area contributed by atoms with E-state index in [0.29, 0.717) is 10.8 Å². The smallest absolute Gasteiger partial charge is 0.330 e. The number of nitrogens with zero attached hydrogens (tertiary/aromatic N) is 2. The topological polar surface area (TPSA) is 46.9 Å². The molecule has 0 fully saturated rings. The second-order valence-corrected chi connectivity index (χ2v) is 6.37. The second-order valence-electron chi connectivity index (χ2n) is 5.40. The Morgan fingerprint density at radius 3 is 2.32 bits per heavy atom. The van der Waals surface area contributed by atoms with Gasteiger partial charge in [0, 0.05) is 5.69 Å². The maximum Gasteiger partial charge on any atom is 0.416 e. The van der Waals surface area contributed by atoms with Crippen molar-refractivity contribution in [3.05, 3.63) is 76.2 Å². The van der Waals surface area contributed by atoms with Gasteiger partial charge in [-0.2, -0.15) is 18.2 Å². The van der Waals surface area contributed by atoms with Gasteiger partial charge in [0.25, 0.3) is 0 Å². The summed E-state index contributed by atoms with van der Waals surface area (Å²) in [6.07, 6.45) is -4.38. The summed E-state index contributed by atoms with van der Waals surface area (Å²) >= 11 is 1.13. The number of hydrogen-bond acceptors (Lipinski definition) is 4. The Labute approximate surface area is 145 Å². The third-order valence-corrected chi connectivity index (χ3v) is 4.70. The first-order valence-corrected chi connectivity index (χ1v) is 8.21. The van der Waals surface area contributed by atoms with Gasteiger partial charge in [-0.3, -0.25) is 0 Å². The van der Waals surface area contributed by atoms with E-state index in [9.17, 15) is 18.0 Å². The molecule has 0 aliphatic heterocycles. The highest BCUT2D eigenvalue weighted by Crippen LogP contribution is 2.30. The van der Waals surface area contributed by atoms with Crippen molar-refractivity contribution in [1.29, 1.82) is 0 Å². The lowest BCUT2D eigenvalue weighted by Gasteiger charge is -2.11. The van der Waals surface area contributed by atoms with Crippen LogP contribution < -0.4 is 11.0 Å². The molecule has 2 aromatic carbocycles. The summed E-state index contributed by atoms with van der Waals surface area (Å²) in [7, 11) is 0. The van der Waals surface area contributed by atoms with Crippen LogP contribution in [-0.2, 0) is 6.18 Å². The molecule has 0 bridgehead atoms. The summed E-state index contributed by atoms with van der Waals surface area (Å²) in [6.45, 7) is 1.89. The van der Waals surface area contributed by atoms with E-state index in [0.717, 1.165) is 29.2 Å². The number of aromatic nitrogens is 2. The number of alkyl halides is 3. The van der Waals surface area contributed by atoms with Crippen molar-refractivity contribution in [2.75, 3.05) is 5.32 Å². The molecule has 3 rings (SSSR count). The van der Waals surface area contributed by atoms with Crippen LogP contribution >= 0.6 is 11.5 Å². The van der Waals surface area contributed by atoms with Crippen molar-refractivity contribution in [1.82, 2.24) is 8.94 Å². The molecule has 1 aromatic heterocycles. The molecule has 8 heteroatoms. The molecule has 25 heavy (non-hydrogen) atoms. The van der Waals surface area contributed by atoms with Gasteiger partial charge >= 0.3 is 11.9 Å². The fraction of sp³-hybridized carbons (Fsp3) is 0.176. The maximum absolute atomic E-state index is 12.6. The molecule has 4 nitrogen and oxygen atoms in total. The van der Waals surface area contributed by atoms with Crippen LogP contribution in [0.25, 0.3) is 0 Å². The highest BCUT2D eigenvalue weighted by atomic mass is 32.1. The van der Waals surface area contributed by atoms with Crippen LogP contribution in [0.15, 0.2) is 59.4 Å². The molecule has 0 aliphatic carbocycles. The van der Waals surface area contributed by atoms with Crippen LogP contribution in [0.5, 0.6) is 0 Å². The summed E-state index contributed by atoms with van der Waals surface area (Å²) in [4.78, 5) is 16.0. The highest BCUT2D eigenvalue weighted by molar-refractivity contribution is 7.10. The lowest BCUT2D eigenvalue weighted by atomic mass is 10.1. The number of benzene rings is 2. The zero-order valence-corrected chi connectivity index (χ0v) is 13.9. The van der Waals surface area contributed by atoms with Crippen molar-refractivity contribution >= 4 is 22.4 Å². The second kappa shape index (κ2) is 6.72. The number of anilines is 2. The minimum absolute atomic E-state index is 0.186. The zero-order chi connectivity index (χ0) is 18.0. The minimum atomic E-state index is -4.38. The van der Waals surface area contributed by atoms with E-state index in [2.05, 4.69) is 10.3 Å². The normalized spacial score (nSPS) is 12.8. The SMILES string of the molecule is CC(c1ccccc1)n1sc(Nc2ccc(C(F)(F)F)cc2)nc1=O. The molecule has 0 aliphatic rings. The summed E-state index contributed by atoms with van der Waals surface area (Å²) in [5, 5.41) is 3.20. The molecule has 1 atom stereocenters. The van der Waals surface area contributed by atoms with Crippen molar-refractivity contribution in [2.24, 2.45) is 0 Å². The number of halogens is 3. The maximum atomic E-state index is 12.6. The van der Waals surface area contributed by atoms with E-state index < -0.39 is 17.4 Å². The summed E-state index contributed by atoms with van der Waals surface area (Å²) in [5.41, 5.74) is 0.265. The third-order valence-electron chi connectivity index (χ3n) is 3.67. The van der Waals surface area contributed by atoms with Gasteiger partial charge in [0.1, 0.15) is 0 Å². The van der Waals surface area contributed by atoms with E-state index in [4.69, 9.17) is 0 Å². The van der Waals surface area contributed by atoms with Gasteiger partial charge in [-0.05, 0) is 48.3 Å². The first kappa shape index (κ1) is 17.2. The van der Waals surface area contributed by atoms with E-state index in [1.807, 2.05) is 37.3 Å². The molecule has 3 aromatic rings. The van der Waals surface area contributed by atoms with Crippen LogP contribution in [0, 0.1) is 0 Å². The first-order chi connectivity index (χ1) is 11.8. The molecule has 0 saturated heterocycles. The zero-order valence-electron chi connectivity index (χ0n) is 13.1. The standard InChI is InChI=1S/C17H14F3N3OS/c1-11(12-5-3-2-4-6-12)23-16(24)22-15(25-23)21-14-9-7-13(8-10-14)17(18,19)20/h2-11H,1H3,(H,21,22,24). The predicted molar refractivity (Wildman–Crippen MR) is 91.4 cm³/mol. The molecule has 0 spiro atoms. The molecule has 1 N–H and O–H groups in total. The Morgan fingerprint density at radius 2 is 1.72 bits per heavy atom. The molecule has 130 valence electrons. The quantitative estimate of drug-likeness (QED) is 0.730. The van der Waals surface area contributed by atoms with Gasteiger partial charge < -0.3 is 5.32 Å². The van der Waals surface area contributed by atoms with E-state index in [1.165, 1.54) is 16.1 Å². The molecule has 1 heterocycles. The Balaban J connectivity index is 1.80. The van der Waals surface area contributed by atoms with Crippen molar-refractivity contribution in [3.8, 4) is 0 Å². The van der Waals surface area contributed by atoms with E-state index in [-0.39, 0.29) is 6.04 Å². The van der Waals surface area contributed by atoms with Gasteiger partial charge in [0.2, 0.25) is 5.13 Å². The van der Waals surface area contributed by atoms with Gasteiger partial charge in [0.15, 0.2) is 0 Å². The average Bonchev–Trinajstić information content (AvgIpc) is 2.95. The number of rotatable bonds is 4. The van der Waals surface area contributed by atoms with Crippen molar-refractivity contribution < 1.29 is 13.2 Å². The van der Waals surface area contributed by atoms with Crippen LogP contribution in [0.4, 0.5) is 24.0 Å². The molecule has 0 radical (unpaired) electrons. The predicted octanol–water partition coefficient (Wildman–Crippen LogP) is 4.68. The monoisotopic (exact) mass is 365 g/mol. The largest absolute Gasteiger partial charge is 0.416 e. The minimum Gasteiger partial charge on any atom is -0.330 e. The molecule has 0 saturated carbocycles. The van der Waals surface area contributed by atoms with Crippen LogP contribution in [0.2, 0.25) is 0 Å². The fourth-order valence-corrected chi connectivity index (χ4v) is 3.18. The van der Waals surface area contributed by atoms with Gasteiger partial charge in [0.05, 0.1) is 11.6 Å². The molecule has 0 amide bonds.